The number of aliphatic hydroxyl groups is 1. The van der Waals surface area contributed by atoms with Crippen molar-refractivity contribution in [2.45, 2.75) is 19.9 Å². The van der Waals surface area contributed by atoms with E-state index in [9.17, 15) is 4.79 Å². The molecule has 14 heavy (non-hydrogen) atoms. The standard InChI is InChI=1S/C9H13N3O2/c1-6-3-11-8(4-10-6)9(14)12-7(2)5-13/h3-4,7,13H,5H2,1-2H3,(H,12,14)/t7-/m1/s1. The number of hydrogen-bond donors (Lipinski definition) is 2. The Morgan fingerprint density at radius 2 is 2.29 bits per heavy atom. The molecular weight excluding hydrogens is 182 g/mol. The quantitative estimate of drug-likeness (QED) is 0.706. The Bertz CT molecular complexity index is 310. The van der Waals surface area contributed by atoms with Crippen molar-refractivity contribution in [3.8, 4) is 0 Å². The Kier molecular flexibility index (Phi) is 3.53. The van der Waals surface area contributed by atoms with Gasteiger partial charge in [-0.3, -0.25) is 9.78 Å². The van der Waals surface area contributed by atoms with Gasteiger partial charge in [-0.2, -0.15) is 0 Å². The molecule has 0 spiro atoms. The molecule has 0 aliphatic rings. The van der Waals surface area contributed by atoms with Crippen molar-refractivity contribution in [2.24, 2.45) is 0 Å². The summed E-state index contributed by atoms with van der Waals surface area (Å²) in [6, 6.07) is -0.273. The maximum Gasteiger partial charge on any atom is 0.271 e. The van der Waals surface area contributed by atoms with E-state index in [1.54, 1.807) is 13.8 Å². The van der Waals surface area contributed by atoms with Crippen molar-refractivity contribution in [3.63, 3.8) is 0 Å². The highest BCUT2D eigenvalue weighted by atomic mass is 16.3. The first-order valence-electron chi connectivity index (χ1n) is 4.34. The molecule has 0 aromatic carbocycles. The molecular formula is C9H13N3O2. The van der Waals surface area contributed by atoms with Gasteiger partial charge in [0, 0.05) is 12.2 Å². The number of carbonyl (C=O) groups is 1. The van der Waals surface area contributed by atoms with Gasteiger partial charge in [-0.15, -0.1) is 0 Å². The van der Waals surface area contributed by atoms with Gasteiger partial charge in [0.05, 0.1) is 18.5 Å². The molecule has 2 N–H and O–H groups in total. The van der Waals surface area contributed by atoms with Crippen LogP contribution < -0.4 is 5.32 Å². The second-order valence-electron chi connectivity index (χ2n) is 3.10. The predicted octanol–water partition coefficient (Wildman–Crippen LogP) is -0.104. The van der Waals surface area contributed by atoms with Crippen LogP contribution in [0.5, 0.6) is 0 Å². The summed E-state index contributed by atoms with van der Waals surface area (Å²) in [6.07, 6.45) is 2.94. The lowest BCUT2D eigenvalue weighted by molar-refractivity contribution is 0.0917. The van der Waals surface area contributed by atoms with Gasteiger partial charge in [0.2, 0.25) is 0 Å². The summed E-state index contributed by atoms with van der Waals surface area (Å²) >= 11 is 0. The molecule has 5 heteroatoms. The predicted molar refractivity (Wildman–Crippen MR) is 50.8 cm³/mol. The lowest BCUT2D eigenvalue weighted by Crippen LogP contribution is -2.35. The average molecular weight is 195 g/mol. The van der Waals surface area contributed by atoms with Crippen LogP contribution in [-0.2, 0) is 0 Å². The van der Waals surface area contributed by atoms with Crippen molar-refractivity contribution in [2.75, 3.05) is 6.61 Å². The van der Waals surface area contributed by atoms with E-state index in [2.05, 4.69) is 15.3 Å². The summed E-state index contributed by atoms with van der Waals surface area (Å²) in [7, 11) is 0. The molecule has 1 aromatic heterocycles. The van der Waals surface area contributed by atoms with Crippen LogP contribution in [0.4, 0.5) is 0 Å². The Balaban J connectivity index is 2.65. The Labute approximate surface area is 82.2 Å². The fourth-order valence-corrected chi connectivity index (χ4v) is 0.853. The largest absolute Gasteiger partial charge is 0.394 e. The highest BCUT2D eigenvalue weighted by Gasteiger charge is 2.09. The summed E-state index contributed by atoms with van der Waals surface area (Å²) in [5, 5.41) is 11.3. The van der Waals surface area contributed by atoms with Crippen molar-refractivity contribution >= 4 is 5.91 Å². The minimum atomic E-state index is -0.320. The zero-order valence-corrected chi connectivity index (χ0v) is 8.19. The third kappa shape index (κ3) is 2.77. The van der Waals surface area contributed by atoms with E-state index in [4.69, 9.17) is 5.11 Å². The summed E-state index contributed by atoms with van der Waals surface area (Å²) in [5.41, 5.74) is 1.02. The monoisotopic (exact) mass is 195 g/mol. The Hall–Kier alpha value is -1.49. The maximum atomic E-state index is 11.4. The van der Waals surface area contributed by atoms with Crippen LogP contribution in [0, 0.1) is 6.92 Å². The van der Waals surface area contributed by atoms with Crippen LogP contribution >= 0.6 is 0 Å². The molecule has 1 heterocycles. The fraction of sp³-hybridized carbons (Fsp3) is 0.444. The molecule has 0 unspecified atom stereocenters. The molecule has 1 atom stereocenters. The van der Waals surface area contributed by atoms with Crippen LogP contribution in [0.15, 0.2) is 12.4 Å². The van der Waals surface area contributed by atoms with Gasteiger partial charge < -0.3 is 10.4 Å². The minimum Gasteiger partial charge on any atom is -0.394 e. The fourth-order valence-electron chi connectivity index (χ4n) is 0.853. The van der Waals surface area contributed by atoms with Crippen LogP contribution in [0.2, 0.25) is 0 Å². The van der Waals surface area contributed by atoms with Gasteiger partial charge in [0.25, 0.3) is 5.91 Å². The average Bonchev–Trinajstić information content (AvgIpc) is 2.18. The molecule has 0 fully saturated rings. The molecule has 0 bridgehead atoms. The van der Waals surface area contributed by atoms with Gasteiger partial charge in [0.1, 0.15) is 5.69 Å². The molecule has 0 saturated carbocycles. The van der Waals surface area contributed by atoms with Crippen molar-refractivity contribution in [1.82, 2.24) is 15.3 Å². The zero-order chi connectivity index (χ0) is 10.6. The summed E-state index contributed by atoms with van der Waals surface area (Å²) in [5.74, 6) is -0.320. The van der Waals surface area contributed by atoms with E-state index >= 15 is 0 Å². The van der Waals surface area contributed by atoms with E-state index in [1.807, 2.05) is 0 Å². The number of carbonyl (C=O) groups excluding carboxylic acids is 1. The van der Waals surface area contributed by atoms with Gasteiger partial charge >= 0.3 is 0 Å². The second kappa shape index (κ2) is 4.66. The molecule has 1 aromatic rings. The second-order valence-corrected chi connectivity index (χ2v) is 3.10. The van der Waals surface area contributed by atoms with Crippen LogP contribution in [0.3, 0.4) is 0 Å². The normalized spacial score (nSPS) is 12.2. The van der Waals surface area contributed by atoms with Crippen molar-refractivity contribution in [3.05, 3.63) is 23.8 Å². The van der Waals surface area contributed by atoms with E-state index < -0.39 is 0 Å². The smallest absolute Gasteiger partial charge is 0.271 e. The highest BCUT2D eigenvalue weighted by Crippen LogP contribution is 1.94. The zero-order valence-electron chi connectivity index (χ0n) is 8.19. The highest BCUT2D eigenvalue weighted by molar-refractivity contribution is 5.92. The number of hydrogen-bond acceptors (Lipinski definition) is 4. The van der Waals surface area contributed by atoms with Gasteiger partial charge in [0.15, 0.2) is 0 Å². The van der Waals surface area contributed by atoms with Gasteiger partial charge in [-0.1, -0.05) is 0 Å². The van der Waals surface area contributed by atoms with E-state index in [0.29, 0.717) is 0 Å². The molecule has 1 rings (SSSR count). The lowest BCUT2D eigenvalue weighted by Gasteiger charge is -2.09. The number of amides is 1. The summed E-state index contributed by atoms with van der Waals surface area (Å²) in [6.45, 7) is 3.41. The van der Waals surface area contributed by atoms with E-state index in [0.717, 1.165) is 5.69 Å². The number of aryl methyl sites for hydroxylation is 1. The van der Waals surface area contributed by atoms with Crippen LogP contribution in [-0.4, -0.2) is 33.6 Å². The number of aliphatic hydroxyl groups excluding tert-OH is 1. The number of rotatable bonds is 3. The topological polar surface area (TPSA) is 75.1 Å². The molecule has 1 amide bonds. The van der Waals surface area contributed by atoms with Crippen LogP contribution in [0.25, 0.3) is 0 Å². The Morgan fingerprint density at radius 3 is 2.79 bits per heavy atom. The molecule has 5 nitrogen and oxygen atoms in total. The van der Waals surface area contributed by atoms with Crippen molar-refractivity contribution < 1.29 is 9.90 Å². The van der Waals surface area contributed by atoms with Gasteiger partial charge in [-0.25, -0.2) is 4.98 Å². The van der Waals surface area contributed by atoms with E-state index in [1.165, 1.54) is 12.4 Å². The molecule has 0 aliphatic heterocycles. The first-order chi connectivity index (χ1) is 6.63. The van der Waals surface area contributed by atoms with Crippen molar-refractivity contribution in [1.29, 1.82) is 0 Å². The lowest BCUT2D eigenvalue weighted by atomic mass is 10.3. The third-order valence-electron chi connectivity index (χ3n) is 1.66. The maximum absolute atomic E-state index is 11.4. The minimum absolute atomic E-state index is 0.0922. The molecule has 0 radical (unpaired) electrons. The first kappa shape index (κ1) is 10.6. The third-order valence-corrected chi connectivity index (χ3v) is 1.66. The SMILES string of the molecule is Cc1cnc(C(=O)N[C@H](C)CO)cn1. The first-order valence-corrected chi connectivity index (χ1v) is 4.34. The van der Waals surface area contributed by atoms with E-state index in [-0.39, 0.29) is 24.2 Å². The summed E-state index contributed by atoms with van der Waals surface area (Å²) < 4.78 is 0. The molecule has 0 saturated heterocycles. The van der Waals surface area contributed by atoms with Gasteiger partial charge in [-0.05, 0) is 13.8 Å². The molecule has 76 valence electrons. The summed E-state index contributed by atoms with van der Waals surface area (Å²) in [4.78, 5) is 19.3. The Morgan fingerprint density at radius 1 is 1.57 bits per heavy atom. The number of nitrogens with one attached hydrogen (secondary N) is 1. The van der Waals surface area contributed by atoms with Crippen LogP contribution in [0.1, 0.15) is 23.1 Å². The number of nitrogens with zero attached hydrogens (tertiary/aromatic N) is 2. The number of aromatic nitrogens is 2. The molecule has 0 aliphatic carbocycles.